The van der Waals surface area contributed by atoms with Gasteiger partial charge in [0.2, 0.25) is 0 Å². The van der Waals surface area contributed by atoms with E-state index in [1.54, 1.807) is 26.0 Å². The average molecular weight is 524 g/mol. The maximum absolute atomic E-state index is 15.0. The van der Waals surface area contributed by atoms with Crippen molar-refractivity contribution in [2.24, 2.45) is 0 Å². The Morgan fingerprint density at radius 1 is 1.14 bits per heavy atom. The van der Waals surface area contributed by atoms with E-state index in [0.29, 0.717) is 43.0 Å². The van der Waals surface area contributed by atoms with E-state index in [-0.39, 0.29) is 26.8 Å². The Labute approximate surface area is 208 Å². The van der Waals surface area contributed by atoms with Gasteiger partial charge in [0, 0.05) is 11.1 Å². The van der Waals surface area contributed by atoms with Crippen LogP contribution in [0.4, 0.5) is 14.6 Å². The van der Waals surface area contributed by atoms with Gasteiger partial charge in [-0.05, 0) is 59.8 Å². The molecule has 1 aliphatic rings. The summed E-state index contributed by atoms with van der Waals surface area (Å²) in [5.41, 5.74) is 0.462. The van der Waals surface area contributed by atoms with Gasteiger partial charge in [0.25, 0.3) is 0 Å². The van der Waals surface area contributed by atoms with Crippen LogP contribution in [0.1, 0.15) is 55.9 Å². The summed E-state index contributed by atoms with van der Waals surface area (Å²) in [7, 11) is -1.79. The molecular weight excluding hydrogens is 496 g/mol. The summed E-state index contributed by atoms with van der Waals surface area (Å²) < 4.78 is 55.7. The number of aromatic nitrogens is 3. The minimum absolute atomic E-state index is 0.0279. The fourth-order valence-corrected chi connectivity index (χ4v) is 6.61. The second-order valence-corrected chi connectivity index (χ2v) is 11.6. The van der Waals surface area contributed by atoms with Gasteiger partial charge in [0.05, 0.1) is 16.7 Å². The van der Waals surface area contributed by atoms with Gasteiger partial charge in [0.15, 0.2) is 15.5 Å². The zero-order chi connectivity index (χ0) is 25.5. The predicted octanol–water partition coefficient (Wildman–Crippen LogP) is 5.20. The number of rotatable bonds is 6. The van der Waals surface area contributed by atoms with Crippen molar-refractivity contribution in [2.75, 3.05) is 25.5 Å². The van der Waals surface area contributed by atoms with E-state index in [9.17, 15) is 17.2 Å². The number of piperidine rings is 1. The van der Waals surface area contributed by atoms with Crippen LogP contribution in [0.5, 0.6) is 0 Å². The van der Waals surface area contributed by atoms with Crippen molar-refractivity contribution >= 4 is 38.3 Å². The molecule has 1 fully saturated rings. The van der Waals surface area contributed by atoms with Crippen LogP contribution in [0.15, 0.2) is 29.2 Å². The van der Waals surface area contributed by atoms with Gasteiger partial charge in [-0.15, -0.1) is 0 Å². The standard InChI is InChI=1S/C24H28ClF2N5O2S/c1-13(26)17-6-5-7-18(21(17)27)14(2)28-23-19-12-20(22(25)31-24(19)30-15(3)29-23)35(33,34)16-8-10-32(4)11-9-16/h5-7,12-14,16H,8-11H2,1-4H3,(H,28,29,30,31)/t13?,14-/m1/s1. The molecule has 0 aliphatic carbocycles. The number of benzene rings is 1. The Morgan fingerprint density at radius 3 is 2.46 bits per heavy atom. The molecule has 0 radical (unpaired) electrons. The highest BCUT2D eigenvalue weighted by molar-refractivity contribution is 7.92. The number of alkyl halides is 1. The van der Waals surface area contributed by atoms with E-state index in [4.69, 9.17) is 11.6 Å². The Balaban J connectivity index is 1.76. The van der Waals surface area contributed by atoms with Crippen LogP contribution in [-0.4, -0.2) is 53.7 Å². The molecule has 0 amide bonds. The third kappa shape index (κ3) is 5.10. The quantitative estimate of drug-likeness (QED) is 0.444. The summed E-state index contributed by atoms with van der Waals surface area (Å²) >= 11 is 6.34. The number of aryl methyl sites for hydroxylation is 1. The van der Waals surface area contributed by atoms with Crippen molar-refractivity contribution in [3.8, 4) is 0 Å². The molecule has 0 saturated carbocycles. The smallest absolute Gasteiger partial charge is 0.184 e. The fourth-order valence-electron chi connectivity index (χ4n) is 4.40. The van der Waals surface area contributed by atoms with E-state index in [0.717, 1.165) is 0 Å². The van der Waals surface area contributed by atoms with Crippen LogP contribution in [-0.2, 0) is 9.84 Å². The zero-order valence-corrected chi connectivity index (χ0v) is 21.6. The summed E-state index contributed by atoms with van der Waals surface area (Å²) in [5, 5.41) is 2.80. The molecule has 2 aromatic heterocycles. The SMILES string of the molecule is Cc1nc(N[C@H](C)c2cccc(C(C)F)c2F)c2cc(S(=O)(=O)C3CCN(C)CC3)c(Cl)nc2n1. The first-order valence-corrected chi connectivity index (χ1v) is 13.4. The molecular formula is C24H28ClF2N5O2S. The molecule has 7 nitrogen and oxygen atoms in total. The second-order valence-electron chi connectivity index (χ2n) is 9.05. The topological polar surface area (TPSA) is 88.1 Å². The summed E-state index contributed by atoms with van der Waals surface area (Å²) in [6, 6.07) is 5.42. The lowest BCUT2D eigenvalue weighted by molar-refractivity contribution is 0.277. The number of sulfone groups is 1. The number of fused-ring (bicyclic) bond motifs is 1. The third-order valence-corrected chi connectivity index (χ3v) is 9.11. The van der Waals surface area contributed by atoms with Crippen molar-refractivity contribution < 1.29 is 17.2 Å². The first-order valence-electron chi connectivity index (χ1n) is 11.4. The van der Waals surface area contributed by atoms with Crippen molar-refractivity contribution in [3.63, 3.8) is 0 Å². The van der Waals surface area contributed by atoms with Crippen molar-refractivity contribution in [1.29, 1.82) is 0 Å². The molecule has 11 heteroatoms. The molecule has 188 valence electrons. The van der Waals surface area contributed by atoms with Crippen LogP contribution in [0, 0.1) is 12.7 Å². The Morgan fingerprint density at radius 2 is 1.80 bits per heavy atom. The fraction of sp³-hybridized carbons (Fsp3) is 0.458. The number of halogens is 3. The minimum Gasteiger partial charge on any atom is -0.363 e. The van der Waals surface area contributed by atoms with E-state index in [1.807, 2.05) is 7.05 Å². The van der Waals surface area contributed by atoms with Gasteiger partial charge in [-0.1, -0.05) is 29.8 Å². The van der Waals surface area contributed by atoms with E-state index >= 15 is 0 Å². The molecule has 4 rings (SSSR count). The molecule has 3 heterocycles. The number of nitrogens with one attached hydrogen (secondary N) is 1. The number of hydrogen-bond acceptors (Lipinski definition) is 7. The number of anilines is 1. The van der Waals surface area contributed by atoms with Crippen molar-refractivity contribution in [1.82, 2.24) is 19.9 Å². The van der Waals surface area contributed by atoms with Crippen LogP contribution in [0.2, 0.25) is 5.15 Å². The van der Waals surface area contributed by atoms with E-state index in [2.05, 4.69) is 25.2 Å². The minimum atomic E-state index is -3.74. The molecule has 1 unspecified atom stereocenters. The first-order chi connectivity index (χ1) is 16.5. The lowest BCUT2D eigenvalue weighted by atomic mass is 10.0. The number of likely N-dealkylation sites (tertiary alicyclic amines) is 1. The van der Waals surface area contributed by atoms with Gasteiger partial charge < -0.3 is 10.2 Å². The van der Waals surface area contributed by atoms with Crippen molar-refractivity contribution in [2.45, 2.75) is 56.0 Å². The highest BCUT2D eigenvalue weighted by Crippen LogP contribution is 2.34. The monoisotopic (exact) mass is 523 g/mol. The molecule has 1 aromatic carbocycles. The zero-order valence-electron chi connectivity index (χ0n) is 20.0. The number of nitrogens with zero attached hydrogens (tertiary/aromatic N) is 4. The molecule has 2 atom stereocenters. The summed E-state index contributed by atoms with van der Waals surface area (Å²) in [4.78, 5) is 15.0. The molecule has 1 saturated heterocycles. The number of pyridine rings is 1. The highest BCUT2D eigenvalue weighted by Gasteiger charge is 2.33. The Kier molecular flexibility index (Phi) is 7.26. The Hall–Kier alpha value is -2.43. The van der Waals surface area contributed by atoms with E-state index in [1.165, 1.54) is 19.1 Å². The highest BCUT2D eigenvalue weighted by atomic mass is 35.5. The molecule has 3 aromatic rings. The van der Waals surface area contributed by atoms with E-state index < -0.39 is 33.1 Å². The van der Waals surface area contributed by atoms with Gasteiger partial charge in [-0.3, -0.25) is 0 Å². The molecule has 1 N–H and O–H groups in total. The molecule has 35 heavy (non-hydrogen) atoms. The lowest BCUT2D eigenvalue weighted by Gasteiger charge is -2.28. The third-order valence-electron chi connectivity index (χ3n) is 6.44. The van der Waals surface area contributed by atoms with Gasteiger partial charge in [-0.2, -0.15) is 0 Å². The van der Waals surface area contributed by atoms with Crippen LogP contribution >= 0.6 is 11.6 Å². The average Bonchev–Trinajstić information content (AvgIpc) is 2.78. The molecule has 0 bridgehead atoms. The van der Waals surface area contributed by atoms with Gasteiger partial charge in [-0.25, -0.2) is 32.2 Å². The lowest BCUT2D eigenvalue weighted by Crippen LogP contribution is -2.37. The van der Waals surface area contributed by atoms with Gasteiger partial charge >= 0.3 is 0 Å². The molecule has 0 spiro atoms. The Bertz CT molecular complexity index is 1360. The van der Waals surface area contributed by atoms with Crippen LogP contribution in [0.3, 0.4) is 0 Å². The summed E-state index contributed by atoms with van der Waals surface area (Å²) in [5.74, 6) is 0.0414. The van der Waals surface area contributed by atoms with Crippen LogP contribution in [0.25, 0.3) is 11.0 Å². The van der Waals surface area contributed by atoms with Crippen LogP contribution < -0.4 is 5.32 Å². The largest absolute Gasteiger partial charge is 0.363 e. The molecule has 1 aliphatic heterocycles. The maximum atomic E-state index is 15.0. The number of hydrogen-bond donors (Lipinski definition) is 1. The predicted molar refractivity (Wildman–Crippen MR) is 133 cm³/mol. The van der Waals surface area contributed by atoms with Gasteiger partial charge in [0.1, 0.15) is 33.7 Å². The summed E-state index contributed by atoms with van der Waals surface area (Å²) in [6.07, 6.45) is -0.451. The first kappa shape index (κ1) is 25.7. The van der Waals surface area contributed by atoms with Crippen molar-refractivity contribution in [3.05, 3.63) is 52.2 Å². The second kappa shape index (κ2) is 9.91. The summed E-state index contributed by atoms with van der Waals surface area (Å²) in [6.45, 7) is 6.02. The maximum Gasteiger partial charge on any atom is 0.184 e. The normalized spacial score (nSPS) is 17.5.